The van der Waals surface area contributed by atoms with Gasteiger partial charge in [-0.15, -0.1) is 0 Å². The Bertz CT molecular complexity index is 353. The molecule has 0 spiro atoms. The molecule has 0 aromatic heterocycles. The van der Waals surface area contributed by atoms with Crippen LogP contribution in [0.2, 0.25) is 0 Å². The van der Waals surface area contributed by atoms with Gasteiger partial charge in [0.2, 0.25) is 0 Å². The van der Waals surface area contributed by atoms with E-state index in [1.807, 2.05) is 36.4 Å². The lowest BCUT2D eigenvalue weighted by molar-refractivity contribution is -0.147. The van der Waals surface area contributed by atoms with Gasteiger partial charge in [0.25, 0.3) is 0 Å². The lowest BCUT2D eigenvalue weighted by Crippen LogP contribution is -2.15. The van der Waals surface area contributed by atoms with Crippen LogP contribution in [0.15, 0.2) is 41.4 Å². The Labute approximate surface area is 109 Å². The second-order valence-electron chi connectivity index (χ2n) is 3.72. The van der Waals surface area contributed by atoms with E-state index in [9.17, 15) is 0 Å². The molecule has 1 saturated heterocycles. The Hall–Kier alpha value is -0.680. The minimum Gasteiger partial charge on any atom is -0.347 e. The fraction of sp³-hybridized carbons (Fsp3) is 0.385. The van der Waals surface area contributed by atoms with Gasteiger partial charge in [-0.2, -0.15) is 0 Å². The van der Waals surface area contributed by atoms with Crippen LogP contribution < -0.4 is 0 Å². The predicted molar refractivity (Wildman–Crippen MR) is 68.5 cm³/mol. The van der Waals surface area contributed by atoms with Crippen molar-refractivity contribution in [3.8, 4) is 0 Å². The van der Waals surface area contributed by atoms with Crippen LogP contribution in [-0.2, 0) is 20.8 Å². The summed E-state index contributed by atoms with van der Waals surface area (Å²) in [5.74, 6) is 0. The Morgan fingerprint density at radius 1 is 1.35 bits per heavy atom. The second kappa shape index (κ2) is 6.91. The van der Waals surface area contributed by atoms with Crippen molar-refractivity contribution in [1.29, 1.82) is 0 Å². The average Bonchev–Trinajstić information content (AvgIpc) is 2.83. The predicted octanol–water partition coefficient (Wildman–Crippen LogP) is 3.20. The quantitative estimate of drug-likeness (QED) is 0.835. The van der Waals surface area contributed by atoms with Gasteiger partial charge >= 0.3 is 0 Å². The van der Waals surface area contributed by atoms with Crippen LogP contribution in [0.25, 0.3) is 0 Å². The van der Waals surface area contributed by atoms with Crippen molar-refractivity contribution in [2.45, 2.75) is 25.6 Å². The molecule has 2 unspecified atom stereocenters. The number of benzene rings is 1. The van der Waals surface area contributed by atoms with E-state index in [-0.39, 0.29) is 12.6 Å². The normalized spacial score (nSPS) is 24.5. The van der Waals surface area contributed by atoms with Crippen LogP contribution in [0, 0.1) is 0 Å². The molecule has 17 heavy (non-hydrogen) atoms. The van der Waals surface area contributed by atoms with Gasteiger partial charge in [0.15, 0.2) is 12.6 Å². The first kappa shape index (κ1) is 12.8. The van der Waals surface area contributed by atoms with Crippen molar-refractivity contribution in [1.82, 2.24) is 0 Å². The number of hydrogen-bond acceptors (Lipinski definition) is 3. The van der Waals surface area contributed by atoms with E-state index >= 15 is 0 Å². The van der Waals surface area contributed by atoms with Gasteiger partial charge in [0.05, 0.1) is 6.61 Å². The molecule has 0 aliphatic carbocycles. The van der Waals surface area contributed by atoms with Gasteiger partial charge in [-0.1, -0.05) is 52.3 Å². The molecule has 0 radical (unpaired) electrons. The minimum absolute atomic E-state index is 0.190. The topological polar surface area (TPSA) is 27.7 Å². The molecular formula is C13H15BrO3. The second-order valence-corrected chi connectivity index (χ2v) is 4.25. The van der Waals surface area contributed by atoms with E-state index in [4.69, 9.17) is 14.2 Å². The molecule has 1 aromatic rings. The van der Waals surface area contributed by atoms with Crippen LogP contribution in [0.5, 0.6) is 0 Å². The first-order valence-electron chi connectivity index (χ1n) is 5.56. The van der Waals surface area contributed by atoms with E-state index in [1.165, 1.54) is 0 Å². The maximum absolute atomic E-state index is 5.62. The Kier molecular flexibility index (Phi) is 5.19. The summed E-state index contributed by atoms with van der Waals surface area (Å²) in [6, 6.07) is 10.0. The molecule has 1 aliphatic rings. The van der Waals surface area contributed by atoms with E-state index < -0.39 is 0 Å². The molecule has 2 atom stereocenters. The highest BCUT2D eigenvalue weighted by Crippen LogP contribution is 2.17. The van der Waals surface area contributed by atoms with Crippen molar-refractivity contribution in [3.63, 3.8) is 0 Å². The fourth-order valence-electron chi connectivity index (χ4n) is 1.57. The largest absolute Gasteiger partial charge is 0.347 e. The molecule has 1 aromatic carbocycles. The molecule has 3 nitrogen and oxygen atoms in total. The van der Waals surface area contributed by atoms with Gasteiger partial charge in [-0.25, -0.2) is 0 Å². The lowest BCUT2D eigenvalue weighted by atomic mass is 10.2. The molecule has 0 N–H and O–H groups in total. The van der Waals surface area contributed by atoms with Crippen LogP contribution >= 0.6 is 15.9 Å². The van der Waals surface area contributed by atoms with E-state index in [2.05, 4.69) is 15.9 Å². The molecule has 0 saturated carbocycles. The zero-order valence-electron chi connectivity index (χ0n) is 9.42. The lowest BCUT2D eigenvalue weighted by Gasteiger charge is -2.11. The maximum Gasteiger partial charge on any atom is 0.184 e. The molecule has 92 valence electrons. The smallest absolute Gasteiger partial charge is 0.184 e. The van der Waals surface area contributed by atoms with E-state index in [1.54, 1.807) is 4.99 Å². The molecule has 4 heteroatoms. The highest BCUT2D eigenvalue weighted by molar-refractivity contribution is 9.11. The number of hydrogen-bond donors (Lipinski definition) is 0. The molecule has 1 heterocycles. The van der Waals surface area contributed by atoms with Crippen molar-refractivity contribution >= 4 is 15.9 Å². The van der Waals surface area contributed by atoms with E-state index in [0.717, 1.165) is 12.0 Å². The number of ether oxygens (including phenoxy) is 3. The van der Waals surface area contributed by atoms with Crippen molar-refractivity contribution in [2.24, 2.45) is 0 Å². The Morgan fingerprint density at radius 3 is 2.94 bits per heavy atom. The third kappa shape index (κ3) is 4.24. The highest BCUT2D eigenvalue weighted by Gasteiger charge is 2.25. The van der Waals surface area contributed by atoms with Crippen molar-refractivity contribution < 1.29 is 14.2 Å². The number of rotatable bonds is 5. The van der Waals surface area contributed by atoms with E-state index in [0.29, 0.717) is 13.2 Å². The molecular weight excluding hydrogens is 284 g/mol. The fourth-order valence-corrected chi connectivity index (χ4v) is 1.79. The van der Waals surface area contributed by atoms with Gasteiger partial charge in [0.1, 0.15) is 6.61 Å². The third-order valence-corrected chi connectivity index (χ3v) is 2.79. The van der Waals surface area contributed by atoms with Gasteiger partial charge in [-0.3, -0.25) is 0 Å². The molecule has 0 amide bonds. The Balaban J connectivity index is 1.71. The maximum atomic E-state index is 5.62. The van der Waals surface area contributed by atoms with Crippen molar-refractivity contribution in [3.05, 3.63) is 47.0 Å². The summed E-state index contributed by atoms with van der Waals surface area (Å²) in [4.78, 5) is 1.80. The summed E-state index contributed by atoms with van der Waals surface area (Å²) in [6.07, 6.45) is 2.23. The summed E-state index contributed by atoms with van der Waals surface area (Å²) in [6.45, 7) is 1.05. The Morgan fingerprint density at radius 2 is 2.18 bits per heavy atom. The molecule has 1 aliphatic heterocycles. The number of halogens is 1. The first-order valence-corrected chi connectivity index (χ1v) is 6.48. The summed E-state index contributed by atoms with van der Waals surface area (Å²) in [5, 5.41) is 0. The van der Waals surface area contributed by atoms with Crippen LogP contribution in [-0.4, -0.2) is 19.2 Å². The monoisotopic (exact) mass is 298 g/mol. The molecule has 2 rings (SSSR count). The van der Waals surface area contributed by atoms with Crippen molar-refractivity contribution in [2.75, 3.05) is 6.61 Å². The summed E-state index contributed by atoms with van der Waals surface area (Å²) >= 11 is 3.21. The summed E-state index contributed by atoms with van der Waals surface area (Å²) in [7, 11) is 0. The van der Waals surface area contributed by atoms with Crippen LogP contribution in [0.4, 0.5) is 0 Å². The van der Waals surface area contributed by atoms with Gasteiger partial charge < -0.3 is 14.2 Å². The SMILES string of the molecule is BrC=CCC1OCC(OCc2ccccc2)O1. The van der Waals surface area contributed by atoms with Crippen LogP contribution in [0.1, 0.15) is 12.0 Å². The first-order chi connectivity index (χ1) is 8.38. The summed E-state index contributed by atoms with van der Waals surface area (Å²) in [5.41, 5.74) is 1.14. The average molecular weight is 299 g/mol. The minimum atomic E-state index is -0.260. The zero-order chi connectivity index (χ0) is 11.9. The standard InChI is InChI=1S/C13H15BrO3/c14-8-4-7-12-16-10-13(17-12)15-9-11-5-2-1-3-6-11/h1-6,8,12-13H,7,9-10H2. The molecule has 1 fully saturated rings. The highest BCUT2D eigenvalue weighted by atomic mass is 79.9. The summed E-state index contributed by atoms with van der Waals surface area (Å²) < 4.78 is 16.6. The van der Waals surface area contributed by atoms with Gasteiger partial charge in [-0.05, 0) is 10.5 Å². The third-order valence-electron chi connectivity index (χ3n) is 2.42. The van der Waals surface area contributed by atoms with Gasteiger partial charge in [0, 0.05) is 6.42 Å². The van der Waals surface area contributed by atoms with Crippen LogP contribution in [0.3, 0.4) is 0 Å². The molecule has 0 bridgehead atoms. The zero-order valence-corrected chi connectivity index (χ0v) is 11.0.